The fourth-order valence-corrected chi connectivity index (χ4v) is 5.03. The number of amides is 2. The molecular formula is C24H22F2N8O3S. The number of fused-ring (bicyclic) bond motifs is 1. The number of aliphatic hydroxyl groups excluding tert-OH is 1. The Hall–Kier alpha value is -4.30. The molecule has 38 heavy (non-hydrogen) atoms. The van der Waals surface area contributed by atoms with Crippen molar-refractivity contribution in [2.45, 2.75) is 25.1 Å². The van der Waals surface area contributed by atoms with Gasteiger partial charge in [-0.25, -0.2) is 23.7 Å². The van der Waals surface area contributed by atoms with E-state index in [0.717, 1.165) is 10.4 Å². The van der Waals surface area contributed by atoms with Crippen LogP contribution in [-0.2, 0) is 16.1 Å². The van der Waals surface area contributed by atoms with E-state index >= 15 is 0 Å². The number of carbonyl (C=O) groups is 2. The highest BCUT2D eigenvalue weighted by atomic mass is 32.1. The minimum absolute atomic E-state index is 0.0629. The molecule has 5 rings (SSSR count). The van der Waals surface area contributed by atoms with Gasteiger partial charge in [-0.15, -0.1) is 0 Å². The summed E-state index contributed by atoms with van der Waals surface area (Å²) >= 11 is 1.23. The number of aliphatic hydroxyl groups is 1. The van der Waals surface area contributed by atoms with E-state index in [1.165, 1.54) is 35.9 Å². The second kappa shape index (κ2) is 10.6. The third-order valence-electron chi connectivity index (χ3n) is 6.02. The lowest BCUT2D eigenvalue weighted by Crippen LogP contribution is -2.50. The van der Waals surface area contributed by atoms with Gasteiger partial charge in [-0.3, -0.25) is 14.6 Å². The van der Waals surface area contributed by atoms with Gasteiger partial charge < -0.3 is 25.2 Å². The van der Waals surface area contributed by atoms with E-state index in [2.05, 4.69) is 37.1 Å². The van der Waals surface area contributed by atoms with E-state index in [9.17, 15) is 23.5 Å². The molecule has 0 aromatic carbocycles. The summed E-state index contributed by atoms with van der Waals surface area (Å²) < 4.78 is 29.2. The lowest BCUT2D eigenvalue weighted by molar-refractivity contribution is -0.138. The van der Waals surface area contributed by atoms with Crippen molar-refractivity contribution in [3.63, 3.8) is 0 Å². The highest BCUT2D eigenvalue weighted by molar-refractivity contribution is 7.18. The highest BCUT2D eigenvalue weighted by Gasteiger charge is 2.41. The molecule has 0 spiro atoms. The van der Waals surface area contributed by atoms with Gasteiger partial charge in [0.25, 0.3) is 5.91 Å². The SMILES string of the molecule is C=C(F)C(=O)N1CC[C@H](O)[C@@H]1C(=O)NCCn1cnc2cnc(Nc3ncc(-c4ncccc4F)s3)cc21. The summed E-state index contributed by atoms with van der Waals surface area (Å²) in [6.45, 7) is 3.55. The predicted octanol–water partition coefficient (Wildman–Crippen LogP) is 2.39. The quantitative estimate of drug-likeness (QED) is 0.290. The van der Waals surface area contributed by atoms with Crippen LogP contribution < -0.4 is 10.6 Å². The molecule has 1 fully saturated rings. The molecule has 2 atom stereocenters. The van der Waals surface area contributed by atoms with Crippen LogP contribution >= 0.6 is 11.3 Å². The summed E-state index contributed by atoms with van der Waals surface area (Å²) in [5, 5.41) is 16.4. The third-order valence-corrected chi connectivity index (χ3v) is 6.94. The Morgan fingerprint density at radius 3 is 2.87 bits per heavy atom. The molecular weight excluding hydrogens is 518 g/mol. The molecule has 0 bridgehead atoms. The molecule has 0 aliphatic carbocycles. The number of imidazole rings is 1. The van der Waals surface area contributed by atoms with Crippen molar-refractivity contribution in [3.8, 4) is 10.6 Å². The number of likely N-dealkylation sites (tertiary alicyclic amines) is 1. The first-order chi connectivity index (χ1) is 18.3. The van der Waals surface area contributed by atoms with Crippen LogP contribution in [0.25, 0.3) is 21.6 Å². The summed E-state index contributed by atoms with van der Waals surface area (Å²) in [6, 6.07) is 3.43. The van der Waals surface area contributed by atoms with Crippen molar-refractivity contribution in [2.24, 2.45) is 0 Å². The van der Waals surface area contributed by atoms with Crippen LogP contribution in [0.3, 0.4) is 0 Å². The van der Waals surface area contributed by atoms with Gasteiger partial charge in [-0.2, -0.15) is 0 Å². The third kappa shape index (κ3) is 5.08. The Labute approximate surface area is 218 Å². The van der Waals surface area contributed by atoms with Crippen molar-refractivity contribution < 1.29 is 23.5 Å². The van der Waals surface area contributed by atoms with Crippen LogP contribution in [0.5, 0.6) is 0 Å². The smallest absolute Gasteiger partial charge is 0.282 e. The highest BCUT2D eigenvalue weighted by Crippen LogP contribution is 2.31. The number of pyridine rings is 2. The van der Waals surface area contributed by atoms with Crippen LogP contribution in [0.4, 0.5) is 19.7 Å². The first-order valence-electron chi connectivity index (χ1n) is 11.6. The van der Waals surface area contributed by atoms with Crippen LogP contribution in [0.1, 0.15) is 6.42 Å². The summed E-state index contributed by atoms with van der Waals surface area (Å²) in [4.78, 5) is 43.2. The van der Waals surface area contributed by atoms with Gasteiger partial charge in [-0.1, -0.05) is 17.9 Å². The van der Waals surface area contributed by atoms with Crippen LogP contribution in [0.2, 0.25) is 0 Å². The molecule has 14 heteroatoms. The average molecular weight is 541 g/mol. The number of anilines is 2. The summed E-state index contributed by atoms with van der Waals surface area (Å²) in [5.41, 5.74) is 1.58. The summed E-state index contributed by atoms with van der Waals surface area (Å²) in [6.07, 6.45) is 5.31. The van der Waals surface area contributed by atoms with Gasteiger partial charge >= 0.3 is 0 Å². The largest absolute Gasteiger partial charge is 0.390 e. The molecule has 1 aliphatic rings. The molecule has 3 N–H and O–H groups in total. The van der Waals surface area contributed by atoms with E-state index < -0.39 is 35.6 Å². The molecule has 11 nitrogen and oxygen atoms in total. The average Bonchev–Trinajstić information content (AvgIpc) is 3.62. The Bertz CT molecular complexity index is 1520. The minimum atomic E-state index is -1.18. The van der Waals surface area contributed by atoms with Crippen LogP contribution in [0, 0.1) is 5.82 Å². The number of hydrogen-bond donors (Lipinski definition) is 3. The second-order valence-electron chi connectivity index (χ2n) is 8.48. The molecule has 196 valence electrons. The predicted molar refractivity (Wildman–Crippen MR) is 135 cm³/mol. The summed E-state index contributed by atoms with van der Waals surface area (Å²) in [5.74, 6) is -2.72. The number of thiazole rings is 1. The number of carbonyl (C=O) groups excluding carboxylic acids is 2. The van der Waals surface area contributed by atoms with Gasteiger partial charge in [0.2, 0.25) is 5.91 Å². The van der Waals surface area contributed by atoms with E-state index in [1.54, 1.807) is 23.2 Å². The molecule has 1 aliphatic heterocycles. The first-order valence-corrected chi connectivity index (χ1v) is 12.4. The molecule has 2 amide bonds. The molecule has 5 heterocycles. The Kier molecular flexibility index (Phi) is 7.07. The first kappa shape index (κ1) is 25.4. The van der Waals surface area contributed by atoms with Gasteiger partial charge in [-0.05, 0) is 18.6 Å². The number of nitrogens with one attached hydrogen (secondary N) is 2. The second-order valence-corrected chi connectivity index (χ2v) is 9.51. The van der Waals surface area contributed by atoms with Crippen molar-refractivity contribution in [2.75, 3.05) is 18.4 Å². The van der Waals surface area contributed by atoms with Gasteiger partial charge in [0, 0.05) is 38.1 Å². The standard InChI is InChI=1S/C24H22F2N8O3S/c1-13(25)23(37)34-7-4-17(35)21(34)22(36)28-6-8-33-12-31-15-10-29-19(9-16(15)33)32-24-30-11-18(38-24)20-14(26)3-2-5-27-20/h2-3,5,9-12,17,21,35H,1,4,6-8H2,(H,28,36)(H,29,30,32)/t17-,21+/m0/s1. The Morgan fingerprint density at radius 1 is 1.24 bits per heavy atom. The molecule has 4 aromatic rings. The van der Waals surface area contributed by atoms with Gasteiger partial charge in [0.05, 0.1) is 29.0 Å². The number of nitrogens with zero attached hydrogens (tertiary/aromatic N) is 6. The monoisotopic (exact) mass is 540 g/mol. The topological polar surface area (TPSA) is 138 Å². The molecule has 0 radical (unpaired) electrons. The maximum Gasteiger partial charge on any atom is 0.282 e. The Balaban J connectivity index is 1.24. The van der Waals surface area contributed by atoms with E-state index in [4.69, 9.17) is 0 Å². The number of halogens is 2. The maximum atomic E-state index is 14.0. The zero-order chi connectivity index (χ0) is 26.8. The van der Waals surface area contributed by atoms with Gasteiger partial charge in [0.15, 0.2) is 11.0 Å². The number of hydrogen-bond acceptors (Lipinski definition) is 9. The van der Waals surface area contributed by atoms with Crippen LogP contribution in [0.15, 0.2) is 55.5 Å². The van der Waals surface area contributed by atoms with E-state index in [0.29, 0.717) is 27.9 Å². The lowest BCUT2D eigenvalue weighted by Gasteiger charge is -2.24. The fraction of sp³-hybridized carbons (Fsp3) is 0.250. The van der Waals surface area contributed by atoms with Crippen molar-refractivity contribution >= 4 is 45.1 Å². The zero-order valence-corrected chi connectivity index (χ0v) is 20.7. The fourth-order valence-electron chi connectivity index (χ4n) is 4.21. The molecule has 1 saturated heterocycles. The zero-order valence-electron chi connectivity index (χ0n) is 19.8. The van der Waals surface area contributed by atoms with Gasteiger partial charge in [0.1, 0.15) is 28.9 Å². The van der Waals surface area contributed by atoms with Crippen molar-refractivity contribution in [1.29, 1.82) is 0 Å². The van der Waals surface area contributed by atoms with Crippen molar-refractivity contribution in [3.05, 3.63) is 61.3 Å². The summed E-state index contributed by atoms with van der Waals surface area (Å²) in [7, 11) is 0. The van der Waals surface area contributed by atoms with E-state index in [-0.39, 0.29) is 25.2 Å². The van der Waals surface area contributed by atoms with Crippen LogP contribution in [-0.4, -0.2) is 71.6 Å². The number of aromatic nitrogens is 5. The number of rotatable bonds is 8. The Morgan fingerprint density at radius 2 is 2.08 bits per heavy atom. The normalized spacial score (nSPS) is 17.1. The van der Waals surface area contributed by atoms with Crippen molar-refractivity contribution in [1.82, 2.24) is 34.7 Å². The maximum absolute atomic E-state index is 14.0. The molecule has 0 unspecified atom stereocenters. The molecule has 0 saturated carbocycles. The molecule has 4 aromatic heterocycles. The minimum Gasteiger partial charge on any atom is -0.390 e. The lowest BCUT2D eigenvalue weighted by atomic mass is 10.1. The van der Waals surface area contributed by atoms with E-state index in [1.807, 2.05) is 0 Å².